The van der Waals surface area contributed by atoms with E-state index in [0.717, 1.165) is 22.0 Å². The SMILES string of the molecule is CC1(COc2cccnc2)CSc2c(C(=O)O)cccc21. The number of nitrogens with zero attached hydrogens (tertiary/aromatic N) is 1. The lowest BCUT2D eigenvalue weighted by Gasteiger charge is -2.24. The number of carboxylic acid groups (broad SMARTS) is 1. The Kier molecular flexibility index (Phi) is 3.59. The van der Waals surface area contributed by atoms with Crippen LogP contribution in [0.3, 0.4) is 0 Å². The molecule has 4 nitrogen and oxygen atoms in total. The van der Waals surface area contributed by atoms with Gasteiger partial charge in [-0.25, -0.2) is 4.79 Å². The average molecular weight is 301 g/mol. The van der Waals surface area contributed by atoms with Crippen LogP contribution >= 0.6 is 11.8 Å². The second-order valence-corrected chi connectivity index (χ2v) is 6.30. The molecular weight excluding hydrogens is 286 g/mol. The third-order valence-electron chi connectivity index (χ3n) is 3.62. The van der Waals surface area contributed by atoms with Crippen LogP contribution in [-0.2, 0) is 5.41 Å². The number of rotatable bonds is 4. The van der Waals surface area contributed by atoms with Gasteiger partial charge >= 0.3 is 5.97 Å². The number of hydrogen-bond acceptors (Lipinski definition) is 4. The van der Waals surface area contributed by atoms with E-state index in [-0.39, 0.29) is 5.41 Å². The average Bonchev–Trinajstić information content (AvgIpc) is 2.84. The van der Waals surface area contributed by atoms with Gasteiger partial charge in [-0.05, 0) is 23.8 Å². The van der Waals surface area contributed by atoms with Crippen molar-refractivity contribution in [3.8, 4) is 5.75 Å². The first-order chi connectivity index (χ1) is 10.1. The van der Waals surface area contributed by atoms with Gasteiger partial charge in [0.25, 0.3) is 0 Å². The van der Waals surface area contributed by atoms with Crippen molar-refractivity contribution < 1.29 is 14.6 Å². The minimum absolute atomic E-state index is 0.193. The zero-order valence-corrected chi connectivity index (χ0v) is 12.4. The van der Waals surface area contributed by atoms with E-state index < -0.39 is 5.97 Å². The molecule has 0 saturated heterocycles. The topological polar surface area (TPSA) is 59.4 Å². The van der Waals surface area contributed by atoms with E-state index in [2.05, 4.69) is 11.9 Å². The van der Waals surface area contributed by atoms with Crippen LogP contribution in [0, 0.1) is 0 Å². The number of aromatic nitrogens is 1. The van der Waals surface area contributed by atoms with Crippen LogP contribution in [0.4, 0.5) is 0 Å². The van der Waals surface area contributed by atoms with Gasteiger partial charge in [-0.1, -0.05) is 19.1 Å². The lowest BCUT2D eigenvalue weighted by atomic mass is 9.85. The van der Waals surface area contributed by atoms with E-state index in [1.807, 2.05) is 18.2 Å². The van der Waals surface area contributed by atoms with Gasteiger partial charge in [0.05, 0.1) is 18.4 Å². The molecule has 1 N–H and O–H groups in total. The first-order valence-electron chi connectivity index (χ1n) is 6.62. The molecule has 0 saturated carbocycles. The summed E-state index contributed by atoms with van der Waals surface area (Å²) < 4.78 is 5.83. The van der Waals surface area contributed by atoms with Crippen molar-refractivity contribution in [2.24, 2.45) is 0 Å². The summed E-state index contributed by atoms with van der Waals surface area (Å²) >= 11 is 1.59. The lowest BCUT2D eigenvalue weighted by molar-refractivity contribution is 0.0693. The van der Waals surface area contributed by atoms with E-state index in [1.54, 1.807) is 36.3 Å². The molecule has 0 amide bonds. The summed E-state index contributed by atoms with van der Waals surface area (Å²) in [5.41, 5.74) is 1.24. The lowest BCUT2D eigenvalue weighted by Crippen LogP contribution is -2.30. The van der Waals surface area contributed by atoms with Crippen molar-refractivity contribution in [1.29, 1.82) is 0 Å². The van der Waals surface area contributed by atoms with Gasteiger partial charge in [0, 0.05) is 22.3 Å². The van der Waals surface area contributed by atoms with Gasteiger partial charge in [-0.15, -0.1) is 11.8 Å². The minimum Gasteiger partial charge on any atom is -0.491 e. The van der Waals surface area contributed by atoms with Crippen LogP contribution in [0.2, 0.25) is 0 Å². The molecule has 0 aliphatic carbocycles. The fourth-order valence-corrected chi connectivity index (χ4v) is 3.92. The normalized spacial score (nSPS) is 20.0. The zero-order chi connectivity index (χ0) is 14.9. The molecule has 5 heteroatoms. The van der Waals surface area contributed by atoms with Gasteiger partial charge in [0.1, 0.15) is 5.75 Å². The second-order valence-electron chi connectivity index (χ2n) is 5.31. The van der Waals surface area contributed by atoms with E-state index in [0.29, 0.717) is 12.2 Å². The number of thioether (sulfide) groups is 1. The quantitative estimate of drug-likeness (QED) is 0.939. The Morgan fingerprint density at radius 2 is 2.29 bits per heavy atom. The number of carboxylic acids is 1. The summed E-state index contributed by atoms with van der Waals surface area (Å²) in [7, 11) is 0. The maximum atomic E-state index is 11.3. The van der Waals surface area contributed by atoms with Crippen molar-refractivity contribution in [3.63, 3.8) is 0 Å². The molecule has 0 radical (unpaired) electrons. The summed E-state index contributed by atoms with van der Waals surface area (Å²) in [5, 5.41) is 9.27. The van der Waals surface area contributed by atoms with E-state index in [1.165, 1.54) is 0 Å². The van der Waals surface area contributed by atoms with Crippen molar-refractivity contribution in [3.05, 3.63) is 53.9 Å². The molecule has 3 rings (SSSR count). The Morgan fingerprint density at radius 1 is 1.43 bits per heavy atom. The second kappa shape index (κ2) is 5.41. The highest BCUT2D eigenvalue weighted by Crippen LogP contribution is 2.45. The monoisotopic (exact) mass is 301 g/mol. The predicted molar refractivity (Wildman–Crippen MR) is 81.2 cm³/mol. The van der Waals surface area contributed by atoms with Crippen molar-refractivity contribution >= 4 is 17.7 Å². The largest absolute Gasteiger partial charge is 0.491 e. The van der Waals surface area contributed by atoms with Crippen LogP contribution < -0.4 is 4.74 Å². The number of ether oxygens (including phenoxy) is 1. The fraction of sp³-hybridized carbons (Fsp3) is 0.250. The van der Waals surface area contributed by atoms with E-state index in [4.69, 9.17) is 4.74 Å². The predicted octanol–water partition coefficient (Wildman–Crippen LogP) is 3.22. The highest BCUT2D eigenvalue weighted by molar-refractivity contribution is 7.99. The van der Waals surface area contributed by atoms with Crippen LogP contribution in [-0.4, -0.2) is 28.4 Å². The Morgan fingerprint density at radius 3 is 3.00 bits per heavy atom. The fourth-order valence-electron chi connectivity index (χ4n) is 2.44. The van der Waals surface area contributed by atoms with Gasteiger partial charge in [-0.2, -0.15) is 0 Å². The number of benzene rings is 1. The number of fused-ring (bicyclic) bond motifs is 1. The highest BCUT2D eigenvalue weighted by Gasteiger charge is 2.38. The van der Waals surface area contributed by atoms with Crippen molar-refractivity contribution in [2.75, 3.05) is 12.4 Å². The standard InChI is InChI=1S/C16H15NO3S/c1-16(9-20-11-4-3-7-17-8-11)10-21-14-12(15(18)19)5-2-6-13(14)16/h2-8H,9-10H2,1H3,(H,18,19). The molecule has 1 atom stereocenters. The molecule has 108 valence electrons. The Labute approximate surface area is 127 Å². The van der Waals surface area contributed by atoms with Gasteiger partial charge in [0.2, 0.25) is 0 Å². The summed E-state index contributed by atoms with van der Waals surface area (Å²) in [6, 6.07) is 9.15. The highest BCUT2D eigenvalue weighted by atomic mass is 32.2. The number of pyridine rings is 1. The molecule has 2 heterocycles. The molecule has 21 heavy (non-hydrogen) atoms. The Bertz CT molecular complexity index is 674. The van der Waals surface area contributed by atoms with Crippen LogP contribution in [0.15, 0.2) is 47.6 Å². The summed E-state index contributed by atoms with van der Waals surface area (Å²) in [6.45, 7) is 2.61. The van der Waals surface area contributed by atoms with Gasteiger partial charge in [0.15, 0.2) is 0 Å². The van der Waals surface area contributed by atoms with E-state index >= 15 is 0 Å². The molecule has 1 aliphatic heterocycles. The molecule has 1 aromatic carbocycles. The first kappa shape index (κ1) is 13.9. The van der Waals surface area contributed by atoms with Gasteiger partial charge < -0.3 is 9.84 Å². The van der Waals surface area contributed by atoms with Gasteiger partial charge in [-0.3, -0.25) is 4.98 Å². The molecule has 0 bridgehead atoms. The van der Waals surface area contributed by atoms with E-state index in [9.17, 15) is 9.90 Å². The summed E-state index contributed by atoms with van der Waals surface area (Å²) in [5.74, 6) is 0.663. The molecule has 0 fully saturated rings. The molecular formula is C16H15NO3S. The van der Waals surface area contributed by atoms with Crippen LogP contribution in [0.25, 0.3) is 0 Å². The molecule has 1 aliphatic rings. The number of carbonyl (C=O) groups is 1. The van der Waals surface area contributed by atoms with Crippen molar-refractivity contribution in [2.45, 2.75) is 17.2 Å². The maximum Gasteiger partial charge on any atom is 0.336 e. The maximum absolute atomic E-state index is 11.3. The minimum atomic E-state index is -0.878. The van der Waals surface area contributed by atoms with Crippen LogP contribution in [0.5, 0.6) is 5.75 Å². The Balaban J connectivity index is 1.86. The summed E-state index contributed by atoms with van der Waals surface area (Å²) in [6.07, 6.45) is 3.38. The molecule has 2 aromatic rings. The van der Waals surface area contributed by atoms with Crippen LogP contribution in [0.1, 0.15) is 22.8 Å². The molecule has 1 aromatic heterocycles. The summed E-state index contributed by atoms with van der Waals surface area (Å²) in [4.78, 5) is 16.2. The molecule has 0 spiro atoms. The zero-order valence-electron chi connectivity index (χ0n) is 11.6. The smallest absolute Gasteiger partial charge is 0.336 e. The number of hydrogen-bond donors (Lipinski definition) is 1. The first-order valence-corrected chi connectivity index (χ1v) is 7.61. The number of aromatic carboxylic acids is 1. The molecule has 1 unspecified atom stereocenters. The Hall–Kier alpha value is -2.01. The third-order valence-corrected chi connectivity index (χ3v) is 5.13. The third kappa shape index (κ3) is 2.61. The van der Waals surface area contributed by atoms with Crippen molar-refractivity contribution in [1.82, 2.24) is 4.98 Å².